The average Bonchev–Trinajstić information content (AvgIpc) is 3.28. The van der Waals surface area contributed by atoms with Gasteiger partial charge in [0.1, 0.15) is 11.4 Å². The van der Waals surface area contributed by atoms with Gasteiger partial charge in [-0.2, -0.15) is 0 Å². The molecular weight excluding hydrogens is 449 g/mol. The standard InChI is InChI=1S/C27H30FN3O4/c1-16-12-19(28)13-22-21(16)14-23(29-24(22)32)17-6-8-18(9-7-17)25(33)30(5)20-10-11-31(15-20)26(34)35-27(2,3)4/h6-9,12-14,20H,10-11,15H2,1-5H3,(H,29,32). The molecule has 2 aromatic carbocycles. The molecule has 1 aliphatic heterocycles. The van der Waals surface area contributed by atoms with E-state index in [1.807, 2.05) is 26.8 Å². The van der Waals surface area contributed by atoms with E-state index in [4.69, 9.17) is 4.74 Å². The molecule has 4 rings (SSSR count). The molecule has 1 atom stereocenters. The number of likely N-dealkylation sites (N-methyl/N-ethyl adjacent to an activating group) is 1. The van der Waals surface area contributed by atoms with Crippen LogP contribution in [0.3, 0.4) is 0 Å². The van der Waals surface area contributed by atoms with Crippen molar-refractivity contribution in [3.05, 3.63) is 69.8 Å². The van der Waals surface area contributed by atoms with Gasteiger partial charge in [-0.25, -0.2) is 9.18 Å². The van der Waals surface area contributed by atoms with E-state index >= 15 is 0 Å². The predicted molar refractivity (Wildman–Crippen MR) is 133 cm³/mol. The molecule has 3 aromatic rings. The zero-order valence-electron chi connectivity index (χ0n) is 20.6. The summed E-state index contributed by atoms with van der Waals surface area (Å²) in [7, 11) is 1.74. The van der Waals surface area contributed by atoms with E-state index in [0.29, 0.717) is 47.1 Å². The number of ether oxygens (including phenoxy) is 1. The Balaban J connectivity index is 1.49. The number of benzene rings is 2. The van der Waals surface area contributed by atoms with Crippen LogP contribution in [0.5, 0.6) is 0 Å². The zero-order valence-corrected chi connectivity index (χ0v) is 20.6. The van der Waals surface area contributed by atoms with Gasteiger partial charge in [0.15, 0.2) is 0 Å². The van der Waals surface area contributed by atoms with E-state index in [1.54, 1.807) is 48.0 Å². The maximum atomic E-state index is 13.7. The van der Waals surface area contributed by atoms with Gasteiger partial charge in [0, 0.05) is 31.4 Å². The number of aryl methyl sites for hydroxylation is 1. The molecular formula is C27H30FN3O4. The fourth-order valence-corrected chi connectivity index (χ4v) is 4.37. The minimum atomic E-state index is -0.567. The lowest BCUT2D eigenvalue weighted by Gasteiger charge is -2.27. The number of rotatable bonds is 3. The molecule has 1 fully saturated rings. The highest BCUT2D eigenvalue weighted by Crippen LogP contribution is 2.25. The number of carbonyl (C=O) groups excluding carboxylic acids is 2. The first kappa shape index (κ1) is 24.4. The Bertz CT molecular complexity index is 1340. The monoisotopic (exact) mass is 479 g/mol. The van der Waals surface area contributed by atoms with Gasteiger partial charge in [-0.05, 0) is 81.0 Å². The van der Waals surface area contributed by atoms with Gasteiger partial charge in [0.05, 0.1) is 11.4 Å². The molecule has 0 bridgehead atoms. The fraction of sp³-hybridized carbons (Fsp3) is 0.370. The Kier molecular flexibility index (Phi) is 6.40. The van der Waals surface area contributed by atoms with Crippen LogP contribution in [0.1, 0.15) is 43.1 Å². The maximum absolute atomic E-state index is 13.7. The second-order valence-electron chi connectivity index (χ2n) is 10.1. The number of amides is 2. The van der Waals surface area contributed by atoms with Crippen molar-refractivity contribution in [3.63, 3.8) is 0 Å². The number of aromatic amines is 1. The minimum Gasteiger partial charge on any atom is -0.444 e. The van der Waals surface area contributed by atoms with E-state index in [-0.39, 0.29) is 23.6 Å². The third-order valence-electron chi connectivity index (χ3n) is 6.26. The Morgan fingerprint density at radius 2 is 1.80 bits per heavy atom. The van der Waals surface area contributed by atoms with Gasteiger partial charge < -0.3 is 19.5 Å². The number of pyridine rings is 1. The third-order valence-corrected chi connectivity index (χ3v) is 6.26. The zero-order chi connectivity index (χ0) is 25.5. The van der Waals surface area contributed by atoms with Gasteiger partial charge in [0.2, 0.25) is 0 Å². The quantitative estimate of drug-likeness (QED) is 0.589. The summed E-state index contributed by atoms with van der Waals surface area (Å²) in [5, 5.41) is 0.984. The highest BCUT2D eigenvalue weighted by molar-refractivity contribution is 5.95. The smallest absolute Gasteiger partial charge is 0.410 e. The number of carbonyl (C=O) groups is 2. The number of hydrogen-bond acceptors (Lipinski definition) is 4. The van der Waals surface area contributed by atoms with Crippen LogP contribution in [0.4, 0.5) is 9.18 Å². The van der Waals surface area contributed by atoms with Gasteiger partial charge in [-0.15, -0.1) is 0 Å². The predicted octanol–water partition coefficient (Wildman–Crippen LogP) is 4.72. The van der Waals surface area contributed by atoms with Crippen molar-refractivity contribution in [2.45, 2.75) is 45.8 Å². The second-order valence-corrected chi connectivity index (χ2v) is 10.1. The van der Waals surface area contributed by atoms with E-state index in [9.17, 15) is 18.8 Å². The molecule has 2 amide bonds. The summed E-state index contributed by atoms with van der Waals surface area (Å²) in [5.74, 6) is -0.595. The molecule has 2 heterocycles. The van der Waals surface area contributed by atoms with E-state index in [1.165, 1.54) is 12.1 Å². The number of halogens is 1. The molecule has 184 valence electrons. The molecule has 35 heavy (non-hydrogen) atoms. The summed E-state index contributed by atoms with van der Waals surface area (Å²) in [4.78, 5) is 44.0. The Morgan fingerprint density at radius 1 is 1.11 bits per heavy atom. The van der Waals surface area contributed by atoms with Crippen molar-refractivity contribution in [2.24, 2.45) is 0 Å². The van der Waals surface area contributed by atoms with Crippen LogP contribution in [-0.4, -0.2) is 58.6 Å². The summed E-state index contributed by atoms with van der Waals surface area (Å²) >= 11 is 0. The van der Waals surface area contributed by atoms with Crippen molar-refractivity contribution in [1.29, 1.82) is 0 Å². The first-order chi connectivity index (χ1) is 16.4. The fourth-order valence-electron chi connectivity index (χ4n) is 4.37. The van der Waals surface area contributed by atoms with Crippen molar-refractivity contribution in [1.82, 2.24) is 14.8 Å². The van der Waals surface area contributed by atoms with Crippen LogP contribution < -0.4 is 5.56 Å². The molecule has 1 saturated heterocycles. The van der Waals surface area contributed by atoms with Crippen LogP contribution in [0.15, 0.2) is 47.3 Å². The van der Waals surface area contributed by atoms with Crippen LogP contribution in [-0.2, 0) is 4.74 Å². The maximum Gasteiger partial charge on any atom is 0.410 e. The Labute approximate surface area is 203 Å². The third kappa shape index (κ3) is 5.21. The number of likely N-dealkylation sites (tertiary alicyclic amines) is 1. The summed E-state index contributed by atoms with van der Waals surface area (Å²) in [5.41, 5.74) is 1.59. The van der Waals surface area contributed by atoms with Crippen molar-refractivity contribution in [3.8, 4) is 11.3 Å². The molecule has 8 heteroatoms. The number of fused-ring (bicyclic) bond motifs is 1. The molecule has 1 aromatic heterocycles. The normalized spacial score (nSPS) is 15.9. The van der Waals surface area contributed by atoms with Crippen LogP contribution >= 0.6 is 0 Å². The van der Waals surface area contributed by atoms with Crippen LogP contribution in [0.25, 0.3) is 22.0 Å². The average molecular weight is 480 g/mol. The molecule has 0 saturated carbocycles. The highest BCUT2D eigenvalue weighted by atomic mass is 19.1. The number of aromatic nitrogens is 1. The largest absolute Gasteiger partial charge is 0.444 e. The lowest BCUT2D eigenvalue weighted by Crippen LogP contribution is -2.41. The first-order valence-corrected chi connectivity index (χ1v) is 11.6. The van der Waals surface area contributed by atoms with Crippen LogP contribution in [0.2, 0.25) is 0 Å². The number of nitrogens with one attached hydrogen (secondary N) is 1. The van der Waals surface area contributed by atoms with E-state index in [2.05, 4.69) is 4.98 Å². The Hall–Kier alpha value is -3.68. The molecule has 0 aliphatic carbocycles. The molecule has 1 aliphatic rings. The molecule has 1 N–H and O–H groups in total. The van der Waals surface area contributed by atoms with Crippen molar-refractivity contribution < 1.29 is 18.7 Å². The van der Waals surface area contributed by atoms with Crippen LogP contribution in [0, 0.1) is 12.7 Å². The number of nitrogens with zero attached hydrogens (tertiary/aromatic N) is 2. The van der Waals surface area contributed by atoms with Gasteiger partial charge in [0.25, 0.3) is 11.5 Å². The molecule has 1 unspecified atom stereocenters. The summed E-state index contributed by atoms with van der Waals surface area (Å²) in [6, 6.07) is 11.3. The van der Waals surface area contributed by atoms with E-state index < -0.39 is 11.4 Å². The minimum absolute atomic E-state index is 0.102. The molecule has 0 spiro atoms. The molecule has 7 nitrogen and oxygen atoms in total. The van der Waals surface area contributed by atoms with Gasteiger partial charge in [-0.1, -0.05) is 12.1 Å². The van der Waals surface area contributed by atoms with Gasteiger partial charge >= 0.3 is 6.09 Å². The lowest BCUT2D eigenvalue weighted by molar-refractivity contribution is 0.0279. The lowest BCUT2D eigenvalue weighted by atomic mass is 10.0. The topological polar surface area (TPSA) is 82.7 Å². The number of hydrogen-bond donors (Lipinski definition) is 1. The first-order valence-electron chi connectivity index (χ1n) is 11.6. The summed E-state index contributed by atoms with van der Waals surface area (Å²) in [6.07, 6.45) is 0.310. The highest BCUT2D eigenvalue weighted by Gasteiger charge is 2.33. The number of H-pyrrole nitrogens is 1. The SMILES string of the molecule is Cc1cc(F)cc2c(=O)[nH]c(-c3ccc(C(=O)N(C)C4CCN(C(=O)OC(C)(C)C)C4)cc3)cc12. The van der Waals surface area contributed by atoms with Crippen molar-refractivity contribution in [2.75, 3.05) is 20.1 Å². The summed E-state index contributed by atoms with van der Waals surface area (Å²) < 4.78 is 19.1. The summed E-state index contributed by atoms with van der Waals surface area (Å²) in [6.45, 7) is 8.20. The van der Waals surface area contributed by atoms with E-state index in [0.717, 1.165) is 5.56 Å². The molecule has 0 radical (unpaired) electrons. The van der Waals surface area contributed by atoms with Crippen molar-refractivity contribution >= 4 is 22.8 Å². The Morgan fingerprint density at radius 3 is 2.46 bits per heavy atom. The second kappa shape index (κ2) is 9.17. The van der Waals surface area contributed by atoms with Gasteiger partial charge in [-0.3, -0.25) is 9.59 Å².